The first kappa shape index (κ1) is 10.3. The molecule has 2 rings (SSSR count). The largest absolute Gasteiger partial charge is 0.497 e. The minimum Gasteiger partial charge on any atom is -0.497 e. The van der Waals surface area contributed by atoms with Gasteiger partial charge in [0.1, 0.15) is 5.75 Å². The molecule has 0 heterocycles. The summed E-state index contributed by atoms with van der Waals surface area (Å²) in [6, 6.07) is 6.19. The molecule has 1 saturated carbocycles. The third-order valence-corrected chi connectivity index (χ3v) is 3.24. The molecule has 1 N–H and O–H groups in total. The monoisotopic (exact) mass is 205 g/mol. The van der Waals surface area contributed by atoms with E-state index >= 15 is 0 Å². The highest BCUT2D eigenvalue weighted by atomic mass is 16.5. The summed E-state index contributed by atoms with van der Waals surface area (Å²) in [5.74, 6) is 1.83. The van der Waals surface area contributed by atoms with E-state index < -0.39 is 0 Å². The van der Waals surface area contributed by atoms with Crippen molar-refractivity contribution in [2.75, 3.05) is 19.0 Å². The van der Waals surface area contributed by atoms with Crippen molar-refractivity contribution in [3.05, 3.63) is 23.8 Å². The summed E-state index contributed by atoms with van der Waals surface area (Å²) in [5.41, 5.74) is 2.50. The molecule has 1 aliphatic rings. The zero-order valence-corrected chi connectivity index (χ0v) is 9.55. The van der Waals surface area contributed by atoms with Gasteiger partial charge in [-0.25, -0.2) is 0 Å². The highest BCUT2D eigenvalue weighted by molar-refractivity contribution is 5.53. The Hall–Kier alpha value is -1.18. The van der Waals surface area contributed by atoms with Crippen LogP contribution < -0.4 is 10.1 Å². The molecule has 0 spiro atoms. The summed E-state index contributed by atoms with van der Waals surface area (Å²) < 4.78 is 5.18. The maximum absolute atomic E-state index is 5.18. The second-order valence-corrected chi connectivity index (χ2v) is 4.36. The van der Waals surface area contributed by atoms with E-state index in [0.29, 0.717) is 0 Å². The average Bonchev–Trinajstić information content (AvgIpc) is 2.18. The molecule has 0 amide bonds. The number of hydrogen-bond donors (Lipinski definition) is 1. The van der Waals surface area contributed by atoms with Gasteiger partial charge in [0, 0.05) is 12.2 Å². The molecular weight excluding hydrogens is 186 g/mol. The molecule has 0 unspecified atom stereocenters. The third kappa shape index (κ3) is 2.44. The smallest absolute Gasteiger partial charge is 0.119 e. The molecule has 0 saturated heterocycles. The van der Waals surface area contributed by atoms with Gasteiger partial charge < -0.3 is 10.1 Å². The first-order valence-electron chi connectivity index (χ1n) is 5.68. The number of anilines is 1. The topological polar surface area (TPSA) is 21.3 Å². The van der Waals surface area contributed by atoms with Gasteiger partial charge in [-0.3, -0.25) is 0 Å². The van der Waals surface area contributed by atoms with Crippen LogP contribution in [0.4, 0.5) is 5.69 Å². The number of benzene rings is 1. The minimum absolute atomic E-state index is 0.895. The summed E-state index contributed by atoms with van der Waals surface area (Å²) in [6.45, 7) is 3.23. The van der Waals surface area contributed by atoms with Gasteiger partial charge in [-0.2, -0.15) is 0 Å². The van der Waals surface area contributed by atoms with E-state index in [1.54, 1.807) is 7.11 Å². The Bertz CT molecular complexity index is 331. The number of rotatable bonds is 4. The number of methoxy groups -OCH3 is 1. The molecule has 2 nitrogen and oxygen atoms in total. The van der Waals surface area contributed by atoms with Crippen LogP contribution in [-0.4, -0.2) is 13.7 Å². The van der Waals surface area contributed by atoms with E-state index in [9.17, 15) is 0 Å². The van der Waals surface area contributed by atoms with Crippen molar-refractivity contribution in [3.63, 3.8) is 0 Å². The van der Waals surface area contributed by atoms with Crippen LogP contribution in [0.5, 0.6) is 5.75 Å². The number of aryl methyl sites for hydroxylation is 1. The van der Waals surface area contributed by atoms with Crippen LogP contribution in [0.15, 0.2) is 18.2 Å². The van der Waals surface area contributed by atoms with Crippen LogP contribution in [0.3, 0.4) is 0 Å². The normalized spacial score (nSPS) is 15.9. The molecule has 1 aromatic carbocycles. The molecule has 2 heteroatoms. The first-order valence-corrected chi connectivity index (χ1v) is 5.68. The molecule has 0 aliphatic heterocycles. The Morgan fingerprint density at radius 3 is 2.73 bits per heavy atom. The van der Waals surface area contributed by atoms with E-state index in [-0.39, 0.29) is 0 Å². The Morgan fingerprint density at radius 2 is 2.20 bits per heavy atom. The lowest BCUT2D eigenvalue weighted by atomic mass is 9.85. The van der Waals surface area contributed by atoms with Crippen LogP contribution in [-0.2, 0) is 0 Å². The maximum Gasteiger partial charge on any atom is 0.119 e. The molecule has 15 heavy (non-hydrogen) atoms. The molecule has 0 radical (unpaired) electrons. The van der Waals surface area contributed by atoms with Crippen LogP contribution in [0.1, 0.15) is 24.8 Å². The zero-order valence-electron chi connectivity index (χ0n) is 9.55. The van der Waals surface area contributed by atoms with Gasteiger partial charge in [0.25, 0.3) is 0 Å². The van der Waals surface area contributed by atoms with Gasteiger partial charge in [0.2, 0.25) is 0 Å². The molecule has 0 bridgehead atoms. The van der Waals surface area contributed by atoms with Crippen molar-refractivity contribution in [2.24, 2.45) is 5.92 Å². The lowest BCUT2D eigenvalue weighted by Crippen LogP contribution is -2.21. The van der Waals surface area contributed by atoms with Crippen LogP contribution >= 0.6 is 0 Å². The summed E-state index contributed by atoms with van der Waals surface area (Å²) in [6.07, 6.45) is 4.19. The molecule has 0 atom stereocenters. The predicted octanol–water partition coefficient (Wildman–Crippen LogP) is 3.22. The van der Waals surface area contributed by atoms with E-state index in [4.69, 9.17) is 4.74 Å². The van der Waals surface area contributed by atoms with Crippen molar-refractivity contribution in [3.8, 4) is 5.75 Å². The van der Waals surface area contributed by atoms with E-state index in [2.05, 4.69) is 24.4 Å². The lowest BCUT2D eigenvalue weighted by Gasteiger charge is -2.26. The minimum atomic E-state index is 0.895. The van der Waals surface area contributed by atoms with Crippen molar-refractivity contribution in [1.82, 2.24) is 0 Å². The van der Waals surface area contributed by atoms with Gasteiger partial charge in [-0.1, -0.05) is 6.42 Å². The summed E-state index contributed by atoms with van der Waals surface area (Å²) in [5, 5.41) is 3.51. The van der Waals surface area contributed by atoms with E-state index in [1.165, 1.54) is 30.5 Å². The Balaban J connectivity index is 1.95. The Kier molecular flexibility index (Phi) is 3.14. The lowest BCUT2D eigenvalue weighted by molar-refractivity contribution is 0.333. The van der Waals surface area contributed by atoms with Gasteiger partial charge in [-0.05, 0) is 49.4 Å². The third-order valence-electron chi connectivity index (χ3n) is 3.24. The molecule has 0 aromatic heterocycles. The van der Waals surface area contributed by atoms with Crippen LogP contribution in [0.25, 0.3) is 0 Å². The van der Waals surface area contributed by atoms with Crippen molar-refractivity contribution >= 4 is 5.69 Å². The predicted molar refractivity (Wildman–Crippen MR) is 63.6 cm³/mol. The fourth-order valence-electron chi connectivity index (χ4n) is 1.91. The van der Waals surface area contributed by atoms with E-state index in [1.807, 2.05) is 6.07 Å². The highest BCUT2D eigenvalue weighted by Gasteiger charge is 2.16. The van der Waals surface area contributed by atoms with E-state index in [0.717, 1.165) is 18.2 Å². The van der Waals surface area contributed by atoms with Crippen molar-refractivity contribution in [2.45, 2.75) is 26.2 Å². The molecule has 1 aromatic rings. The van der Waals surface area contributed by atoms with Crippen molar-refractivity contribution < 1.29 is 4.74 Å². The molecule has 1 fully saturated rings. The summed E-state index contributed by atoms with van der Waals surface area (Å²) >= 11 is 0. The van der Waals surface area contributed by atoms with Crippen LogP contribution in [0, 0.1) is 12.8 Å². The summed E-state index contributed by atoms with van der Waals surface area (Å²) in [4.78, 5) is 0. The molecule has 82 valence electrons. The summed E-state index contributed by atoms with van der Waals surface area (Å²) in [7, 11) is 1.70. The Labute approximate surface area is 91.6 Å². The fraction of sp³-hybridized carbons (Fsp3) is 0.538. The number of hydrogen-bond acceptors (Lipinski definition) is 2. The molecule has 1 aliphatic carbocycles. The zero-order chi connectivity index (χ0) is 10.7. The second-order valence-electron chi connectivity index (χ2n) is 4.36. The SMILES string of the molecule is COc1ccc(NCC2CCC2)c(C)c1. The quantitative estimate of drug-likeness (QED) is 0.815. The van der Waals surface area contributed by atoms with Crippen molar-refractivity contribution in [1.29, 1.82) is 0 Å². The highest BCUT2D eigenvalue weighted by Crippen LogP contribution is 2.27. The number of nitrogens with one attached hydrogen (secondary N) is 1. The maximum atomic E-state index is 5.18. The van der Waals surface area contributed by atoms with Gasteiger partial charge in [0.05, 0.1) is 7.11 Å². The second kappa shape index (κ2) is 4.56. The van der Waals surface area contributed by atoms with Gasteiger partial charge in [-0.15, -0.1) is 0 Å². The van der Waals surface area contributed by atoms with Gasteiger partial charge >= 0.3 is 0 Å². The first-order chi connectivity index (χ1) is 7.29. The van der Waals surface area contributed by atoms with Crippen LogP contribution in [0.2, 0.25) is 0 Å². The average molecular weight is 205 g/mol. The van der Waals surface area contributed by atoms with Gasteiger partial charge in [0.15, 0.2) is 0 Å². The molecular formula is C13H19NO. The standard InChI is InChI=1S/C13H19NO/c1-10-8-12(15-2)6-7-13(10)14-9-11-4-3-5-11/h6-8,11,14H,3-5,9H2,1-2H3. The Morgan fingerprint density at radius 1 is 1.40 bits per heavy atom. The number of ether oxygens (including phenoxy) is 1. The fourth-order valence-corrected chi connectivity index (χ4v) is 1.91.